The van der Waals surface area contributed by atoms with Crippen LogP contribution in [-0.4, -0.2) is 32.3 Å². The molecule has 0 aromatic carbocycles. The molecule has 0 bridgehead atoms. The number of hydrogen-bond donors (Lipinski definition) is 5. The van der Waals surface area contributed by atoms with Crippen LogP contribution in [0.25, 0.3) is 0 Å². The van der Waals surface area contributed by atoms with Gasteiger partial charge >= 0.3 is 87.3 Å². The summed E-state index contributed by atoms with van der Waals surface area (Å²) in [7, 11) is 0. The predicted octanol–water partition coefficient (Wildman–Crippen LogP) is 5.33. The molecule has 156 valence electrons. The summed E-state index contributed by atoms with van der Waals surface area (Å²) in [6, 6.07) is 0. The Hall–Kier alpha value is 1.23. The van der Waals surface area contributed by atoms with Gasteiger partial charge in [-0.05, 0) is 18.2 Å². The molecule has 0 heterocycles. The first-order chi connectivity index (χ1) is 11.6. The quantitative estimate of drug-likeness (QED) is 0.135. The molecule has 0 aromatic rings. The molecule has 9 heteroatoms. The molecule has 0 atom stereocenters. The van der Waals surface area contributed by atoms with Crippen LogP contribution in [0.3, 0.4) is 0 Å². The first-order valence-corrected chi connectivity index (χ1v) is 15.5. The Kier molecular flexibility index (Phi) is 21.1. The second-order valence-corrected chi connectivity index (χ2v) is 13.2. The predicted molar refractivity (Wildman–Crippen MR) is 118 cm³/mol. The zero-order valence-corrected chi connectivity index (χ0v) is 19.5. The van der Waals surface area contributed by atoms with Crippen molar-refractivity contribution in [3.8, 4) is 0 Å². The first kappa shape index (κ1) is 28.4. The van der Waals surface area contributed by atoms with Crippen LogP contribution < -0.4 is 0 Å². The number of unbranched alkanes of at least 4 members (excludes halogenated alkanes) is 10. The summed E-state index contributed by atoms with van der Waals surface area (Å²) in [6.45, 7) is -1.69. The topological polar surface area (TPSA) is 90.2 Å². The van der Waals surface area contributed by atoms with Crippen molar-refractivity contribution in [2.24, 2.45) is 0 Å². The van der Waals surface area contributed by atoms with Gasteiger partial charge in [-0.2, -0.15) is 0 Å². The Morgan fingerprint density at radius 3 is 1.60 bits per heavy atom. The molecule has 0 saturated carbocycles. The Labute approximate surface area is 165 Å². The van der Waals surface area contributed by atoms with Crippen LogP contribution in [0, 0.1) is 0 Å². The monoisotopic (exact) mass is 438 g/mol. The van der Waals surface area contributed by atoms with Crippen molar-refractivity contribution in [2.45, 2.75) is 90.9 Å². The molecule has 25 heavy (non-hydrogen) atoms. The summed E-state index contributed by atoms with van der Waals surface area (Å²) in [5.41, 5.74) is 0. The Morgan fingerprint density at radius 1 is 0.800 bits per heavy atom. The van der Waals surface area contributed by atoms with E-state index < -0.39 is 13.6 Å². The van der Waals surface area contributed by atoms with Gasteiger partial charge in [0.25, 0.3) is 0 Å². The van der Waals surface area contributed by atoms with Gasteiger partial charge in [0, 0.05) is 0 Å². The normalized spacial score (nSPS) is 12.6. The molecular weight excluding hydrogens is 398 g/mol. The van der Waals surface area contributed by atoms with Crippen molar-refractivity contribution in [1.82, 2.24) is 0 Å². The van der Waals surface area contributed by atoms with Gasteiger partial charge in [0.1, 0.15) is 0 Å². The minimum absolute atomic E-state index is 0.371. The van der Waals surface area contributed by atoms with Gasteiger partial charge < -0.3 is 14.3 Å². The van der Waals surface area contributed by atoms with E-state index in [4.69, 9.17) is 19.6 Å². The van der Waals surface area contributed by atoms with E-state index in [0.29, 0.717) is 12.8 Å². The maximum absolute atomic E-state index is 8.98. The van der Waals surface area contributed by atoms with Crippen LogP contribution in [-0.2, 0) is 16.3 Å². The van der Waals surface area contributed by atoms with Gasteiger partial charge in [-0.15, -0.1) is 0 Å². The van der Waals surface area contributed by atoms with Gasteiger partial charge in [-0.25, -0.2) is 0 Å². The fourth-order valence-electron chi connectivity index (χ4n) is 2.21. The molecule has 4 N–H and O–H groups in total. The van der Waals surface area contributed by atoms with E-state index in [1.54, 1.807) is 0 Å². The fourth-order valence-corrected chi connectivity index (χ4v) is 4.00. The van der Waals surface area contributed by atoms with Gasteiger partial charge in [-0.3, -0.25) is 0 Å². The zero-order chi connectivity index (χ0) is 19.6. The van der Waals surface area contributed by atoms with Crippen molar-refractivity contribution in [3.63, 3.8) is 0 Å². The van der Waals surface area contributed by atoms with E-state index in [9.17, 15) is 0 Å². The SMILES string of the molecule is CCCCCCCCOP(O)(O)=S.CCCCCCCC[PH](O)(O)S. The van der Waals surface area contributed by atoms with Crippen LogP contribution >= 0.6 is 25.9 Å². The van der Waals surface area contributed by atoms with E-state index >= 15 is 0 Å². The molecule has 0 aliphatic rings. The van der Waals surface area contributed by atoms with E-state index in [0.717, 1.165) is 25.7 Å². The standard InChI is InChI=1S/C8H19O3PS.C8H21O2PS/c1-2-3-4-5-6-7-8-11-12(9,10)13;1-2-3-4-5-6-7-8-11(9,10)12/h2-8H2,1H3,(H2,9,10,13);9-12H,2-8H2,1H3. The Balaban J connectivity index is 0. The van der Waals surface area contributed by atoms with Gasteiger partial charge in [-0.1, -0.05) is 39.0 Å². The Bertz CT molecular complexity index is 322. The van der Waals surface area contributed by atoms with Crippen molar-refractivity contribution in [2.75, 3.05) is 12.8 Å². The average molecular weight is 439 g/mol. The fraction of sp³-hybridized carbons (Fsp3) is 1.00. The molecule has 5 nitrogen and oxygen atoms in total. The van der Waals surface area contributed by atoms with Crippen LogP contribution in [0.15, 0.2) is 0 Å². The molecule has 0 fully saturated rings. The summed E-state index contributed by atoms with van der Waals surface area (Å²) in [4.78, 5) is 35.4. The number of thiol groups is 1. The second-order valence-electron chi connectivity index (χ2n) is 6.38. The van der Waals surface area contributed by atoms with Crippen molar-refractivity contribution >= 4 is 37.7 Å². The van der Waals surface area contributed by atoms with Gasteiger partial charge in [0.2, 0.25) is 0 Å². The molecule has 0 aliphatic carbocycles. The van der Waals surface area contributed by atoms with Gasteiger partial charge in [0.05, 0.1) is 6.61 Å². The molecule has 0 spiro atoms. The summed E-state index contributed by atoms with van der Waals surface area (Å²) >= 11 is 8.05. The van der Waals surface area contributed by atoms with Crippen LogP contribution in [0.1, 0.15) is 90.9 Å². The third-order valence-corrected chi connectivity index (χ3v) is 6.15. The molecule has 0 aromatic heterocycles. The van der Waals surface area contributed by atoms with Crippen molar-refractivity contribution in [3.05, 3.63) is 0 Å². The van der Waals surface area contributed by atoms with E-state index in [2.05, 4.69) is 42.4 Å². The summed E-state index contributed by atoms with van der Waals surface area (Å²) in [6.07, 6.45) is 14.5. The Morgan fingerprint density at radius 2 is 1.20 bits per heavy atom. The van der Waals surface area contributed by atoms with Crippen LogP contribution in [0.4, 0.5) is 0 Å². The minimum atomic E-state index is -3.39. The molecule has 0 aliphatic heterocycles. The second kappa shape index (κ2) is 18.6. The van der Waals surface area contributed by atoms with Crippen LogP contribution in [0.5, 0.6) is 0 Å². The molecule has 0 rings (SSSR count). The van der Waals surface area contributed by atoms with E-state index in [1.165, 1.54) is 51.4 Å². The third kappa shape index (κ3) is 33.3. The molecular formula is C16H40O5P2S2. The van der Waals surface area contributed by atoms with E-state index in [1.807, 2.05) is 0 Å². The van der Waals surface area contributed by atoms with E-state index in [-0.39, 0.29) is 0 Å². The summed E-state index contributed by atoms with van der Waals surface area (Å²) in [5, 5.41) is 0. The molecule has 0 radical (unpaired) electrons. The molecule has 0 amide bonds. The molecule has 0 saturated heterocycles. The third-order valence-electron chi connectivity index (χ3n) is 3.62. The zero-order valence-electron chi connectivity index (χ0n) is 15.9. The van der Waals surface area contributed by atoms with Crippen molar-refractivity contribution < 1.29 is 24.1 Å². The van der Waals surface area contributed by atoms with Crippen molar-refractivity contribution in [1.29, 1.82) is 0 Å². The summed E-state index contributed by atoms with van der Waals surface area (Å²) < 4.78 is 4.67. The molecule has 0 unspecified atom stereocenters. The maximum atomic E-state index is 8.98. The summed E-state index contributed by atoms with van der Waals surface area (Å²) in [5.74, 6) is 0. The average Bonchev–Trinajstić information content (AvgIpc) is 2.48. The first-order valence-electron chi connectivity index (χ1n) is 9.49. The number of rotatable bonds is 15. The number of hydrogen-bond acceptors (Lipinski definition) is 5. The van der Waals surface area contributed by atoms with Gasteiger partial charge in [0.15, 0.2) is 0 Å². The van der Waals surface area contributed by atoms with Crippen LogP contribution in [0.2, 0.25) is 0 Å².